The summed E-state index contributed by atoms with van der Waals surface area (Å²) in [5.41, 5.74) is 0.862. The van der Waals surface area contributed by atoms with Gasteiger partial charge in [0.2, 0.25) is 0 Å². The van der Waals surface area contributed by atoms with E-state index in [9.17, 15) is 5.11 Å². The second-order valence-corrected chi connectivity index (χ2v) is 7.50. The Morgan fingerprint density at radius 1 is 1.29 bits per heavy atom. The minimum atomic E-state index is -0.197. The summed E-state index contributed by atoms with van der Waals surface area (Å²) in [5.74, 6) is 2.07. The van der Waals surface area contributed by atoms with Gasteiger partial charge in [-0.15, -0.1) is 0 Å². The third-order valence-corrected chi connectivity index (χ3v) is 6.56. The molecule has 0 spiro atoms. The van der Waals surface area contributed by atoms with Gasteiger partial charge in [0.25, 0.3) is 0 Å². The third-order valence-electron chi connectivity index (χ3n) is 6.56. The van der Waals surface area contributed by atoms with Crippen LogP contribution in [-0.4, -0.2) is 23.9 Å². The molecule has 1 N–H and O–H groups in total. The average Bonchev–Trinajstić information content (AvgIpc) is 2.46. The van der Waals surface area contributed by atoms with E-state index in [0.29, 0.717) is 24.4 Å². The van der Waals surface area contributed by atoms with Gasteiger partial charge in [-0.2, -0.15) is 0 Å². The highest BCUT2D eigenvalue weighted by Gasteiger charge is 2.64. The fourth-order valence-electron chi connectivity index (χ4n) is 5.29. The molecule has 2 heterocycles. The predicted molar refractivity (Wildman–Crippen MR) is 80.1 cm³/mol. The molecule has 1 aromatic carbocycles. The third kappa shape index (κ3) is 1.56. The van der Waals surface area contributed by atoms with E-state index in [1.807, 2.05) is 6.07 Å². The summed E-state index contributed by atoms with van der Waals surface area (Å²) in [5, 5.41) is 10.1. The zero-order valence-electron chi connectivity index (χ0n) is 13.0. The van der Waals surface area contributed by atoms with Crippen LogP contribution in [0.4, 0.5) is 0 Å². The summed E-state index contributed by atoms with van der Waals surface area (Å²) in [6.45, 7) is 7.60. The van der Waals surface area contributed by atoms with Crippen LogP contribution in [0.25, 0.3) is 0 Å². The van der Waals surface area contributed by atoms with Crippen LogP contribution in [-0.2, 0) is 4.74 Å². The first kappa shape index (κ1) is 13.6. The lowest BCUT2D eigenvalue weighted by Gasteiger charge is -2.63. The first-order valence-corrected chi connectivity index (χ1v) is 8.02. The van der Waals surface area contributed by atoms with Crippen molar-refractivity contribution in [2.45, 2.75) is 38.9 Å². The summed E-state index contributed by atoms with van der Waals surface area (Å²) in [7, 11) is 0. The van der Waals surface area contributed by atoms with Gasteiger partial charge >= 0.3 is 0 Å². The van der Waals surface area contributed by atoms with Crippen molar-refractivity contribution in [1.29, 1.82) is 0 Å². The fourth-order valence-corrected chi connectivity index (χ4v) is 5.29. The lowest BCUT2D eigenvalue weighted by Crippen LogP contribution is -2.65. The van der Waals surface area contributed by atoms with Crippen molar-refractivity contribution in [1.82, 2.24) is 0 Å². The van der Waals surface area contributed by atoms with Gasteiger partial charge in [-0.05, 0) is 31.2 Å². The van der Waals surface area contributed by atoms with E-state index in [4.69, 9.17) is 9.47 Å². The molecule has 0 unspecified atom stereocenters. The number of aliphatic hydroxyl groups excluding tert-OH is 1. The van der Waals surface area contributed by atoms with E-state index < -0.39 is 0 Å². The number of aliphatic hydroxyl groups is 1. The van der Waals surface area contributed by atoms with Gasteiger partial charge in [-0.25, -0.2) is 0 Å². The molecule has 4 rings (SSSR count). The van der Waals surface area contributed by atoms with Crippen molar-refractivity contribution in [3.8, 4) is 5.75 Å². The molecule has 3 heteroatoms. The van der Waals surface area contributed by atoms with E-state index in [1.165, 1.54) is 5.56 Å². The number of hydrogen-bond acceptors (Lipinski definition) is 3. The van der Waals surface area contributed by atoms with E-state index >= 15 is 0 Å². The summed E-state index contributed by atoms with van der Waals surface area (Å²) >= 11 is 0. The minimum Gasteiger partial charge on any atom is -0.487 e. The Morgan fingerprint density at radius 2 is 2.05 bits per heavy atom. The van der Waals surface area contributed by atoms with Crippen LogP contribution >= 0.6 is 0 Å². The molecule has 2 aliphatic heterocycles. The molecule has 3 nitrogen and oxygen atoms in total. The maximum atomic E-state index is 10.1. The van der Waals surface area contributed by atoms with E-state index in [2.05, 4.69) is 39.0 Å². The molecule has 2 bridgehead atoms. The molecular weight excluding hydrogens is 264 g/mol. The molecule has 1 aliphatic carbocycles. The molecule has 1 saturated carbocycles. The van der Waals surface area contributed by atoms with Crippen LogP contribution in [0, 0.1) is 23.2 Å². The highest BCUT2D eigenvalue weighted by molar-refractivity contribution is 5.40. The van der Waals surface area contributed by atoms with Crippen LogP contribution in [0.1, 0.15) is 38.9 Å². The van der Waals surface area contributed by atoms with Crippen LogP contribution in [0.2, 0.25) is 0 Å². The van der Waals surface area contributed by atoms with E-state index in [1.54, 1.807) is 0 Å². The molecular formula is C18H24O3. The second-order valence-electron chi connectivity index (χ2n) is 7.50. The number of ether oxygens (including phenoxy) is 2. The Labute approximate surface area is 126 Å². The molecule has 6 atom stereocenters. The van der Waals surface area contributed by atoms with Crippen molar-refractivity contribution in [3.63, 3.8) is 0 Å². The quantitative estimate of drug-likeness (QED) is 0.862. The van der Waals surface area contributed by atoms with Gasteiger partial charge in [-0.3, -0.25) is 0 Å². The summed E-state index contributed by atoms with van der Waals surface area (Å²) in [4.78, 5) is 0. The van der Waals surface area contributed by atoms with Gasteiger partial charge in [0.1, 0.15) is 11.4 Å². The predicted octanol–water partition coefficient (Wildman–Crippen LogP) is 3.18. The summed E-state index contributed by atoms with van der Waals surface area (Å²) < 4.78 is 12.7. The van der Waals surface area contributed by atoms with Crippen LogP contribution < -0.4 is 4.74 Å². The molecule has 21 heavy (non-hydrogen) atoms. The Hall–Kier alpha value is -1.06. The molecule has 0 aromatic heterocycles. The minimum absolute atomic E-state index is 0.0992. The largest absolute Gasteiger partial charge is 0.487 e. The zero-order chi connectivity index (χ0) is 14.8. The molecule has 0 radical (unpaired) electrons. The number of benzene rings is 1. The Morgan fingerprint density at radius 3 is 2.81 bits per heavy atom. The molecule has 1 saturated heterocycles. The Balaban J connectivity index is 1.87. The first-order valence-electron chi connectivity index (χ1n) is 8.02. The zero-order valence-corrected chi connectivity index (χ0v) is 13.0. The van der Waals surface area contributed by atoms with Crippen molar-refractivity contribution >= 4 is 0 Å². The van der Waals surface area contributed by atoms with Crippen molar-refractivity contribution in [3.05, 3.63) is 29.8 Å². The Kier molecular flexibility index (Phi) is 2.74. The standard InChI is InChI=1S/C18H24O3/c1-11-8-17(3)15-12(2)18(11,9-19)10-20-16(15)13-6-4-5-7-14(13)21-17/h4-7,11-12,15-16,19H,8-10H2,1-3H3/t11-,12+,15+,16+,17+,18+/m1/s1. The SMILES string of the molecule is C[C@@H]1C[C@]2(C)Oc3ccccc3[C@@H]3OC[C@]1(CO)[C@@H](C)[C@@H]32. The topological polar surface area (TPSA) is 38.7 Å². The van der Waals surface area contributed by atoms with Gasteiger partial charge < -0.3 is 14.6 Å². The van der Waals surface area contributed by atoms with Crippen molar-refractivity contribution < 1.29 is 14.6 Å². The lowest BCUT2D eigenvalue weighted by molar-refractivity contribution is -0.260. The van der Waals surface area contributed by atoms with Crippen molar-refractivity contribution in [2.24, 2.45) is 23.2 Å². The molecule has 114 valence electrons. The summed E-state index contributed by atoms with van der Waals surface area (Å²) in [6.07, 6.45) is 1.08. The highest BCUT2D eigenvalue weighted by atomic mass is 16.5. The fraction of sp³-hybridized carbons (Fsp3) is 0.667. The maximum Gasteiger partial charge on any atom is 0.125 e. The molecule has 0 amide bonds. The van der Waals surface area contributed by atoms with Gasteiger partial charge in [0.15, 0.2) is 0 Å². The van der Waals surface area contributed by atoms with Gasteiger partial charge in [0.05, 0.1) is 19.3 Å². The second kappa shape index (κ2) is 4.23. The maximum absolute atomic E-state index is 10.1. The first-order chi connectivity index (χ1) is 10.0. The Bertz CT molecular complexity index is 571. The van der Waals surface area contributed by atoms with Crippen LogP contribution in [0.3, 0.4) is 0 Å². The van der Waals surface area contributed by atoms with Gasteiger partial charge in [-0.1, -0.05) is 32.0 Å². The average molecular weight is 288 g/mol. The number of hydrogen-bond donors (Lipinski definition) is 1. The monoisotopic (exact) mass is 288 g/mol. The number of fused-ring (bicyclic) bond motifs is 3. The van der Waals surface area contributed by atoms with Crippen LogP contribution in [0.15, 0.2) is 24.3 Å². The normalized spacial score (nSPS) is 47.4. The van der Waals surface area contributed by atoms with Crippen LogP contribution in [0.5, 0.6) is 5.75 Å². The molecule has 3 aliphatic rings. The molecule has 2 fully saturated rings. The van der Waals surface area contributed by atoms with E-state index in [-0.39, 0.29) is 23.7 Å². The lowest BCUT2D eigenvalue weighted by atomic mass is 9.50. The summed E-state index contributed by atoms with van der Waals surface area (Å²) in [6, 6.07) is 8.26. The highest BCUT2D eigenvalue weighted by Crippen LogP contribution is 2.63. The molecule has 1 aromatic rings. The number of rotatable bonds is 1. The number of para-hydroxylation sites is 1. The van der Waals surface area contributed by atoms with Crippen molar-refractivity contribution in [2.75, 3.05) is 13.2 Å². The van der Waals surface area contributed by atoms with Gasteiger partial charge in [0, 0.05) is 16.9 Å². The van der Waals surface area contributed by atoms with E-state index in [0.717, 1.165) is 12.2 Å². The smallest absolute Gasteiger partial charge is 0.125 e.